The average molecular weight is 274 g/mol. The second-order valence-electron chi connectivity index (χ2n) is 6.48. The normalized spacial score (nSPS) is 22.1. The van der Waals surface area contributed by atoms with Crippen LogP contribution < -0.4 is 5.32 Å². The highest BCUT2D eigenvalue weighted by Crippen LogP contribution is 2.35. The predicted octanol–water partition coefficient (Wildman–Crippen LogP) is 4.37. The molecule has 1 aliphatic carbocycles. The average Bonchev–Trinajstić information content (AvgIpc) is 2.39. The Bertz CT molecular complexity index is 404. The van der Waals surface area contributed by atoms with Crippen LogP contribution in [0.4, 0.5) is 5.69 Å². The molecule has 2 heteroatoms. The van der Waals surface area contributed by atoms with Gasteiger partial charge in [-0.3, -0.25) is 4.90 Å². The highest BCUT2D eigenvalue weighted by molar-refractivity contribution is 5.47. The van der Waals surface area contributed by atoms with E-state index in [1.807, 2.05) is 0 Å². The second-order valence-corrected chi connectivity index (χ2v) is 6.48. The third-order valence-electron chi connectivity index (χ3n) is 4.72. The minimum Gasteiger partial charge on any atom is -0.382 e. The zero-order valence-electron chi connectivity index (χ0n) is 13.5. The van der Waals surface area contributed by atoms with Gasteiger partial charge < -0.3 is 5.32 Å². The van der Waals surface area contributed by atoms with Crippen LogP contribution in [-0.4, -0.2) is 24.0 Å². The van der Waals surface area contributed by atoms with Gasteiger partial charge in [0, 0.05) is 18.3 Å². The molecule has 0 atom stereocenters. The number of anilines is 1. The van der Waals surface area contributed by atoms with Gasteiger partial charge in [0.2, 0.25) is 0 Å². The number of hydrogen-bond donors (Lipinski definition) is 1. The number of nitrogens with zero attached hydrogens (tertiary/aromatic N) is 1. The van der Waals surface area contributed by atoms with Crippen LogP contribution in [-0.2, 0) is 6.54 Å². The van der Waals surface area contributed by atoms with Gasteiger partial charge in [-0.1, -0.05) is 39.8 Å². The molecular weight excluding hydrogens is 244 g/mol. The zero-order chi connectivity index (χ0) is 14.5. The van der Waals surface area contributed by atoms with Crippen LogP contribution in [0.5, 0.6) is 0 Å². The van der Waals surface area contributed by atoms with Crippen molar-refractivity contribution in [3.63, 3.8) is 0 Å². The van der Waals surface area contributed by atoms with Crippen molar-refractivity contribution >= 4 is 5.69 Å². The number of rotatable bonds is 7. The molecule has 0 saturated heterocycles. The fourth-order valence-electron chi connectivity index (χ4n) is 3.02. The molecule has 2 nitrogen and oxygen atoms in total. The van der Waals surface area contributed by atoms with Crippen LogP contribution in [0.15, 0.2) is 24.3 Å². The van der Waals surface area contributed by atoms with Crippen molar-refractivity contribution in [1.82, 2.24) is 4.90 Å². The maximum absolute atomic E-state index is 3.69. The van der Waals surface area contributed by atoms with Crippen molar-refractivity contribution in [2.24, 2.45) is 11.8 Å². The van der Waals surface area contributed by atoms with Gasteiger partial charge in [-0.15, -0.1) is 0 Å². The van der Waals surface area contributed by atoms with Gasteiger partial charge in [0.1, 0.15) is 0 Å². The molecule has 0 unspecified atom stereocenters. The standard InChI is InChI=1S/C18H30N2/c1-5-20(6-2)13-15-8-7-9-17(10-15)19-18-11-16(12-18)14(3)4/h7-10,14,16,18-19H,5-6,11-13H2,1-4H3. The summed E-state index contributed by atoms with van der Waals surface area (Å²) in [7, 11) is 0. The lowest BCUT2D eigenvalue weighted by atomic mass is 9.73. The fourth-order valence-corrected chi connectivity index (χ4v) is 3.02. The van der Waals surface area contributed by atoms with E-state index in [4.69, 9.17) is 0 Å². The van der Waals surface area contributed by atoms with E-state index in [0.29, 0.717) is 6.04 Å². The summed E-state index contributed by atoms with van der Waals surface area (Å²) in [6.07, 6.45) is 2.66. The summed E-state index contributed by atoms with van der Waals surface area (Å²) >= 11 is 0. The summed E-state index contributed by atoms with van der Waals surface area (Å²) in [5.74, 6) is 1.76. The minimum absolute atomic E-state index is 0.686. The molecule has 2 rings (SSSR count). The molecule has 0 aromatic heterocycles. The van der Waals surface area contributed by atoms with Gasteiger partial charge in [-0.05, 0) is 55.5 Å². The molecule has 1 fully saturated rings. The Hall–Kier alpha value is -1.02. The first-order chi connectivity index (χ1) is 9.62. The third-order valence-corrected chi connectivity index (χ3v) is 4.72. The van der Waals surface area contributed by atoms with Gasteiger partial charge in [-0.2, -0.15) is 0 Å². The molecule has 1 saturated carbocycles. The highest BCUT2D eigenvalue weighted by Gasteiger charge is 2.30. The lowest BCUT2D eigenvalue weighted by Gasteiger charge is -2.39. The molecule has 20 heavy (non-hydrogen) atoms. The van der Waals surface area contributed by atoms with Crippen molar-refractivity contribution in [2.75, 3.05) is 18.4 Å². The molecule has 0 amide bonds. The van der Waals surface area contributed by atoms with E-state index < -0.39 is 0 Å². The Kier molecular flexibility index (Phi) is 5.47. The van der Waals surface area contributed by atoms with Crippen LogP contribution >= 0.6 is 0 Å². The monoisotopic (exact) mass is 274 g/mol. The Morgan fingerprint density at radius 2 is 1.90 bits per heavy atom. The van der Waals surface area contributed by atoms with Gasteiger partial charge in [-0.25, -0.2) is 0 Å². The van der Waals surface area contributed by atoms with E-state index in [-0.39, 0.29) is 0 Å². The van der Waals surface area contributed by atoms with E-state index in [1.54, 1.807) is 0 Å². The van der Waals surface area contributed by atoms with E-state index in [1.165, 1.54) is 24.1 Å². The maximum atomic E-state index is 3.69. The predicted molar refractivity (Wildman–Crippen MR) is 88.0 cm³/mol. The molecule has 0 spiro atoms. The van der Waals surface area contributed by atoms with Crippen LogP contribution in [0, 0.1) is 11.8 Å². The Balaban J connectivity index is 1.87. The summed E-state index contributed by atoms with van der Waals surface area (Å²) in [5, 5.41) is 3.69. The quantitative estimate of drug-likeness (QED) is 0.794. The number of benzene rings is 1. The van der Waals surface area contributed by atoms with Crippen LogP contribution in [0.25, 0.3) is 0 Å². The summed E-state index contributed by atoms with van der Waals surface area (Å²) in [5.41, 5.74) is 2.71. The van der Waals surface area contributed by atoms with Gasteiger partial charge in [0.25, 0.3) is 0 Å². The van der Waals surface area contributed by atoms with Crippen molar-refractivity contribution < 1.29 is 0 Å². The van der Waals surface area contributed by atoms with Crippen molar-refractivity contribution in [3.05, 3.63) is 29.8 Å². The van der Waals surface area contributed by atoms with E-state index >= 15 is 0 Å². The first kappa shape index (κ1) is 15.4. The number of hydrogen-bond acceptors (Lipinski definition) is 2. The summed E-state index contributed by atoms with van der Waals surface area (Å²) in [4.78, 5) is 2.46. The van der Waals surface area contributed by atoms with Crippen molar-refractivity contribution in [3.8, 4) is 0 Å². The van der Waals surface area contributed by atoms with Crippen LogP contribution in [0.1, 0.15) is 46.1 Å². The first-order valence-corrected chi connectivity index (χ1v) is 8.20. The Labute approximate surface area is 124 Å². The highest BCUT2D eigenvalue weighted by atomic mass is 15.1. The fraction of sp³-hybridized carbons (Fsp3) is 0.667. The second kappa shape index (κ2) is 7.12. The lowest BCUT2D eigenvalue weighted by molar-refractivity contribution is 0.212. The van der Waals surface area contributed by atoms with E-state index in [2.05, 4.69) is 62.2 Å². The molecule has 112 valence electrons. The molecule has 0 bridgehead atoms. The molecule has 0 heterocycles. The summed E-state index contributed by atoms with van der Waals surface area (Å²) < 4.78 is 0. The van der Waals surface area contributed by atoms with Crippen molar-refractivity contribution in [1.29, 1.82) is 0 Å². The number of nitrogens with one attached hydrogen (secondary N) is 1. The topological polar surface area (TPSA) is 15.3 Å². The Morgan fingerprint density at radius 1 is 1.20 bits per heavy atom. The zero-order valence-corrected chi connectivity index (χ0v) is 13.5. The Morgan fingerprint density at radius 3 is 2.50 bits per heavy atom. The van der Waals surface area contributed by atoms with Gasteiger partial charge in [0.15, 0.2) is 0 Å². The molecular formula is C18H30N2. The first-order valence-electron chi connectivity index (χ1n) is 8.20. The van der Waals surface area contributed by atoms with Gasteiger partial charge >= 0.3 is 0 Å². The molecule has 1 aromatic carbocycles. The molecule has 1 aliphatic rings. The third kappa shape index (κ3) is 3.99. The largest absolute Gasteiger partial charge is 0.382 e. The van der Waals surface area contributed by atoms with E-state index in [0.717, 1.165) is 31.5 Å². The van der Waals surface area contributed by atoms with Crippen LogP contribution in [0.3, 0.4) is 0 Å². The lowest BCUT2D eigenvalue weighted by Crippen LogP contribution is -2.37. The minimum atomic E-state index is 0.686. The summed E-state index contributed by atoms with van der Waals surface area (Å²) in [6.45, 7) is 12.4. The smallest absolute Gasteiger partial charge is 0.0345 e. The molecule has 1 aromatic rings. The molecule has 0 aliphatic heterocycles. The maximum Gasteiger partial charge on any atom is 0.0345 e. The summed E-state index contributed by atoms with van der Waals surface area (Å²) in [6, 6.07) is 9.63. The van der Waals surface area contributed by atoms with Crippen LogP contribution in [0.2, 0.25) is 0 Å². The van der Waals surface area contributed by atoms with E-state index in [9.17, 15) is 0 Å². The molecule has 1 N–H and O–H groups in total. The van der Waals surface area contributed by atoms with Gasteiger partial charge in [0.05, 0.1) is 0 Å². The SMILES string of the molecule is CCN(CC)Cc1cccc(NC2CC(C(C)C)C2)c1. The molecule has 0 radical (unpaired) electrons. The van der Waals surface area contributed by atoms with Crippen molar-refractivity contribution in [2.45, 2.75) is 53.1 Å².